The molecule has 0 bridgehead atoms. The van der Waals surface area contributed by atoms with Crippen LogP contribution in [0.2, 0.25) is 0 Å². The molecular formula is C35H72N+. The molecule has 0 saturated carbocycles. The number of quaternary nitrogens is 1. The molecule has 1 aliphatic heterocycles. The van der Waals surface area contributed by atoms with E-state index in [9.17, 15) is 0 Å². The summed E-state index contributed by atoms with van der Waals surface area (Å²) in [5, 5.41) is 0. The summed E-state index contributed by atoms with van der Waals surface area (Å²) in [7, 11) is 0. The van der Waals surface area contributed by atoms with E-state index < -0.39 is 0 Å². The first kappa shape index (κ1) is 34.0. The Labute approximate surface area is 230 Å². The van der Waals surface area contributed by atoms with Crippen LogP contribution < -0.4 is 0 Å². The van der Waals surface area contributed by atoms with E-state index in [0.29, 0.717) is 0 Å². The standard InChI is InChI=1S/C35H72N/c1-34(2)28-22-18-14-10-7-5-6-8-12-16-20-24-30-36(32-26-27-33-36)31-25-21-17-13-9-11-15-19-23-29-35(3)4/h34-35H,5-33H2,1-4H3/q+1. The highest BCUT2D eigenvalue weighted by Crippen LogP contribution is 2.23. The second-order valence-electron chi connectivity index (χ2n) is 13.7. The summed E-state index contributed by atoms with van der Waals surface area (Å²) in [4.78, 5) is 0. The molecular weight excluding hydrogens is 434 g/mol. The van der Waals surface area contributed by atoms with Crippen LogP contribution in [-0.4, -0.2) is 30.7 Å². The Kier molecular flexibility index (Phi) is 22.7. The SMILES string of the molecule is CC(C)CCCCCCCCCCCCCC[N+]1(CCCCCCCCCCCC(C)C)CCCC1. The van der Waals surface area contributed by atoms with Crippen LogP contribution >= 0.6 is 0 Å². The largest absolute Gasteiger partial charge is 0.324 e. The molecule has 0 unspecified atom stereocenters. The number of unbranched alkanes of at least 4 members (excludes halogenated alkanes) is 19. The van der Waals surface area contributed by atoms with Gasteiger partial charge in [-0.3, -0.25) is 0 Å². The first-order valence-corrected chi connectivity index (χ1v) is 17.4. The lowest BCUT2D eigenvalue weighted by atomic mass is 10.0. The van der Waals surface area contributed by atoms with Crippen LogP contribution in [0.1, 0.15) is 188 Å². The van der Waals surface area contributed by atoms with Crippen molar-refractivity contribution in [1.29, 1.82) is 0 Å². The molecule has 1 heterocycles. The molecule has 1 heteroatoms. The topological polar surface area (TPSA) is 0 Å². The van der Waals surface area contributed by atoms with Crippen molar-refractivity contribution in [3.63, 3.8) is 0 Å². The second kappa shape index (κ2) is 24.0. The van der Waals surface area contributed by atoms with Gasteiger partial charge in [0.25, 0.3) is 0 Å². The van der Waals surface area contributed by atoms with Crippen LogP contribution in [0.15, 0.2) is 0 Å². The van der Waals surface area contributed by atoms with E-state index in [1.807, 2.05) is 0 Å². The van der Waals surface area contributed by atoms with Crippen LogP contribution in [0.4, 0.5) is 0 Å². The fraction of sp³-hybridized carbons (Fsp3) is 1.00. The number of likely N-dealkylation sites (tertiary alicyclic amines) is 1. The maximum atomic E-state index is 2.36. The highest BCUT2D eigenvalue weighted by atomic mass is 15.4. The van der Waals surface area contributed by atoms with Crippen molar-refractivity contribution in [2.24, 2.45) is 11.8 Å². The maximum absolute atomic E-state index is 2.36. The van der Waals surface area contributed by atoms with Gasteiger partial charge in [0.1, 0.15) is 0 Å². The average molecular weight is 507 g/mol. The van der Waals surface area contributed by atoms with Crippen LogP contribution in [0, 0.1) is 11.8 Å². The summed E-state index contributed by atoms with van der Waals surface area (Å²) in [6.45, 7) is 15.4. The van der Waals surface area contributed by atoms with E-state index in [1.165, 1.54) is 191 Å². The summed E-state index contributed by atoms with van der Waals surface area (Å²) in [5.74, 6) is 1.79. The monoisotopic (exact) mass is 507 g/mol. The second-order valence-corrected chi connectivity index (χ2v) is 13.7. The third-order valence-electron chi connectivity index (χ3n) is 9.09. The Bertz CT molecular complexity index is 434. The van der Waals surface area contributed by atoms with Crippen LogP contribution in [0.3, 0.4) is 0 Å². The van der Waals surface area contributed by atoms with Gasteiger partial charge >= 0.3 is 0 Å². The molecule has 1 rings (SSSR count). The minimum Gasteiger partial charge on any atom is -0.324 e. The normalized spacial score (nSPS) is 15.5. The number of nitrogens with zero attached hydrogens (tertiary/aromatic N) is 1. The summed E-state index contributed by atoms with van der Waals surface area (Å²) < 4.78 is 1.49. The zero-order valence-corrected chi connectivity index (χ0v) is 26.1. The Morgan fingerprint density at radius 1 is 0.361 bits per heavy atom. The molecule has 0 aromatic rings. The maximum Gasteiger partial charge on any atom is 0.0788 e. The van der Waals surface area contributed by atoms with Crippen molar-refractivity contribution < 1.29 is 4.48 Å². The number of hydrogen-bond acceptors (Lipinski definition) is 0. The van der Waals surface area contributed by atoms with Crippen LogP contribution in [-0.2, 0) is 0 Å². The molecule has 1 saturated heterocycles. The summed E-state index contributed by atoms with van der Waals surface area (Å²) in [6.07, 6.45) is 37.0. The Balaban J connectivity index is 1.89. The molecule has 0 aromatic heterocycles. The summed E-state index contributed by atoms with van der Waals surface area (Å²) in [5.41, 5.74) is 0. The Morgan fingerprint density at radius 3 is 0.889 bits per heavy atom. The molecule has 1 fully saturated rings. The van der Waals surface area contributed by atoms with Gasteiger partial charge in [-0.1, -0.05) is 150 Å². The molecule has 0 aliphatic carbocycles. The Morgan fingerprint density at radius 2 is 0.611 bits per heavy atom. The first-order valence-electron chi connectivity index (χ1n) is 17.4. The van der Waals surface area contributed by atoms with Gasteiger partial charge in [-0.2, -0.15) is 0 Å². The number of rotatable bonds is 27. The van der Waals surface area contributed by atoms with E-state index in [-0.39, 0.29) is 0 Å². The van der Waals surface area contributed by atoms with Crippen molar-refractivity contribution in [2.75, 3.05) is 26.2 Å². The van der Waals surface area contributed by atoms with Crippen molar-refractivity contribution in [1.82, 2.24) is 0 Å². The van der Waals surface area contributed by atoms with Gasteiger partial charge in [-0.05, 0) is 37.5 Å². The van der Waals surface area contributed by atoms with E-state index in [2.05, 4.69) is 27.7 Å². The van der Waals surface area contributed by atoms with Gasteiger partial charge in [-0.15, -0.1) is 0 Å². The van der Waals surface area contributed by atoms with Gasteiger partial charge in [0.05, 0.1) is 26.2 Å². The molecule has 0 radical (unpaired) electrons. The molecule has 216 valence electrons. The zero-order chi connectivity index (χ0) is 26.2. The highest BCUT2D eigenvalue weighted by Gasteiger charge is 2.30. The quantitative estimate of drug-likeness (QED) is 0.0767. The molecule has 0 N–H and O–H groups in total. The molecule has 0 spiro atoms. The third-order valence-corrected chi connectivity index (χ3v) is 9.09. The number of hydrogen-bond donors (Lipinski definition) is 0. The lowest BCUT2D eigenvalue weighted by Gasteiger charge is -2.34. The lowest BCUT2D eigenvalue weighted by Crippen LogP contribution is -2.46. The minimum absolute atomic E-state index is 0.894. The van der Waals surface area contributed by atoms with E-state index in [1.54, 1.807) is 0 Å². The fourth-order valence-electron chi connectivity index (χ4n) is 6.57. The summed E-state index contributed by atoms with van der Waals surface area (Å²) >= 11 is 0. The highest BCUT2D eigenvalue weighted by molar-refractivity contribution is 4.58. The summed E-state index contributed by atoms with van der Waals surface area (Å²) in [6, 6.07) is 0. The van der Waals surface area contributed by atoms with Crippen molar-refractivity contribution >= 4 is 0 Å². The molecule has 1 aliphatic rings. The first-order chi connectivity index (χ1) is 17.5. The molecule has 0 amide bonds. The molecule has 1 nitrogen and oxygen atoms in total. The van der Waals surface area contributed by atoms with Gasteiger partial charge in [0, 0.05) is 12.8 Å². The minimum atomic E-state index is 0.894. The van der Waals surface area contributed by atoms with E-state index in [4.69, 9.17) is 0 Å². The lowest BCUT2D eigenvalue weighted by molar-refractivity contribution is -0.917. The Hall–Kier alpha value is -0.0400. The molecule has 0 aromatic carbocycles. The van der Waals surface area contributed by atoms with Gasteiger partial charge in [-0.25, -0.2) is 0 Å². The average Bonchev–Trinajstić information content (AvgIpc) is 3.31. The van der Waals surface area contributed by atoms with Crippen LogP contribution in [0.25, 0.3) is 0 Å². The van der Waals surface area contributed by atoms with Gasteiger partial charge in [0.2, 0.25) is 0 Å². The van der Waals surface area contributed by atoms with Gasteiger partial charge < -0.3 is 4.48 Å². The molecule has 0 atom stereocenters. The smallest absolute Gasteiger partial charge is 0.0788 e. The fourth-order valence-corrected chi connectivity index (χ4v) is 6.57. The predicted molar refractivity (Wildman–Crippen MR) is 165 cm³/mol. The van der Waals surface area contributed by atoms with E-state index >= 15 is 0 Å². The zero-order valence-electron chi connectivity index (χ0n) is 26.1. The molecule has 36 heavy (non-hydrogen) atoms. The van der Waals surface area contributed by atoms with Gasteiger partial charge in [0.15, 0.2) is 0 Å². The van der Waals surface area contributed by atoms with Crippen molar-refractivity contribution in [2.45, 2.75) is 188 Å². The van der Waals surface area contributed by atoms with E-state index in [0.717, 1.165) is 11.8 Å². The predicted octanol–water partition coefficient (Wildman–Crippen LogP) is 11.9. The van der Waals surface area contributed by atoms with Crippen LogP contribution in [0.5, 0.6) is 0 Å². The van der Waals surface area contributed by atoms with Crippen molar-refractivity contribution in [3.8, 4) is 0 Å². The van der Waals surface area contributed by atoms with Crippen molar-refractivity contribution in [3.05, 3.63) is 0 Å². The third kappa shape index (κ3) is 21.0.